The zero-order valence-electron chi connectivity index (χ0n) is 12.7. The summed E-state index contributed by atoms with van der Waals surface area (Å²) in [5.41, 5.74) is 2.72. The summed E-state index contributed by atoms with van der Waals surface area (Å²) in [6.07, 6.45) is 1.30. The summed E-state index contributed by atoms with van der Waals surface area (Å²) < 4.78 is 0. The smallest absolute Gasteiger partial charge is 0.0385 e. The lowest BCUT2D eigenvalue weighted by Gasteiger charge is -2.26. The van der Waals surface area contributed by atoms with Crippen molar-refractivity contribution in [1.82, 2.24) is 10.2 Å². The van der Waals surface area contributed by atoms with Gasteiger partial charge in [0.05, 0.1) is 0 Å². The van der Waals surface area contributed by atoms with E-state index in [9.17, 15) is 0 Å². The Hall–Kier alpha value is -1.06. The molecule has 2 rings (SSSR count). The summed E-state index contributed by atoms with van der Waals surface area (Å²) in [6, 6.07) is 9.61. The summed E-state index contributed by atoms with van der Waals surface area (Å²) in [5.74, 6) is 0.732. The summed E-state index contributed by atoms with van der Waals surface area (Å²) in [4.78, 5) is 4.64. The van der Waals surface area contributed by atoms with Gasteiger partial charge in [0.2, 0.25) is 0 Å². The first-order valence-electron chi connectivity index (χ1n) is 7.31. The average molecular weight is 261 g/mol. The normalized spacial score (nSPS) is 23.8. The van der Waals surface area contributed by atoms with Gasteiger partial charge in [-0.25, -0.2) is 0 Å². The molecule has 0 aliphatic carbocycles. The van der Waals surface area contributed by atoms with Crippen LogP contribution in [0.1, 0.15) is 24.9 Å². The van der Waals surface area contributed by atoms with Gasteiger partial charge in [-0.05, 0) is 56.7 Å². The molecule has 0 spiro atoms. The van der Waals surface area contributed by atoms with Crippen LogP contribution in [0.25, 0.3) is 0 Å². The first kappa shape index (κ1) is 14.4. The molecule has 1 heterocycles. The first-order chi connectivity index (χ1) is 9.13. The van der Waals surface area contributed by atoms with Crippen LogP contribution in [0.15, 0.2) is 24.3 Å². The van der Waals surface area contributed by atoms with Crippen molar-refractivity contribution in [1.29, 1.82) is 0 Å². The number of hydrogen-bond acceptors (Lipinski definition) is 3. The van der Waals surface area contributed by atoms with Crippen LogP contribution in [0.3, 0.4) is 0 Å². The van der Waals surface area contributed by atoms with E-state index in [2.05, 4.69) is 67.4 Å². The van der Waals surface area contributed by atoms with Crippen molar-refractivity contribution in [2.45, 2.75) is 19.4 Å². The third kappa shape index (κ3) is 3.28. The number of benzene rings is 1. The van der Waals surface area contributed by atoms with Gasteiger partial charge in [0, 0.05) is 25.8 Å². The highest BCUT2D eigenvalue weighted by Crippen LogP contribution is 2.36. The molecule has 0 amide bonds. The molecule has 1 aromatic rings. The Morgan fingerprint density at radius 1 is 1.26 bits per heavy atom. The maximum atomic E-state index is 3.51. The lowest BCUT2D eigenvalue weighted by Crippen LogP contribution is -2.28. The van der Waals surface area contributed by atoms with Crippen molar-refractivity contribution in [2.75, 3.05) is 45.7 Å². The number of nitrogens with zero attached hydrogens (tertiary/aromatic N) is 2. The van der Waals surface area contributed by atoms with Gasteiger partial charge in [-0.15, -0.1) is 0 Å². The second-order valence-electron chi connectivity index (χ2n) is 5.77. The minimum absolute atomic E-state index is 0.565. The maximum Gasteiger partial charge on any atom is 0.0385 e. The topological polar surface area (TPSA) is 18.5 Å². The molecule has 0 radical (unpaired) electrons. The van der Waals surface area contributed by atoms with Crippen LogP contribution < -0.4 is 10.2 Å². The molecule has 1 saturated heterocycles. The van der Waals surface area contributed by atoms with Crippen molar-refractivity contribution in [3.63, 3.8) is 0 Å². The van der Waals surface area contributed by atoms with Gasteiger partial charge in [0.25, 0.3) is 0 Å². The first-order valence-corrected chi connectivity index (χ1v) is 7.31. The molecule has 3 nitrogen and oxygen atoms in total. The minimum Gasteiger partial charge on any atom is -0.378 e. The van der Waals surface area contributed by atoms with Crippen LogP contribution in [0.2, 0.25) is 0 Å². The lowest BCUT2D eigenvalue weighted by atomic mass is 9.93. The van der Waals surface area contributed by atoms with E-state index in [0.29, 0.717) is 6.04 Å². The molecule has 19 heavy (non-hydrogen) atoms. The molecule has 2 atom stereocenters. The monoisotopic (exact) mass is 261 g/mol. The van der Waals surface area contributed by atoms with Crippen molar-refractivity contribution in [3.05, 3.63) is 29.8 Å². The van der Waals surface area contributed by atoms with E-state index in [4.69, 9.17) is 0 Å². The van der Waals surface area contributed by atoms with Gasteiger partial charge in [-0.2, -0.15) is 0 Å². The second-order valence-corrected chi connectivity index (χ2v) is 5.77. The summed E-state index contributed by atoms with van der Waals surface area (Å²) >= 11 is 0. The van der Waals surface area contributed by atoms with E-state index >= 15 is 0 Å². The van der Waals surface area contributed by atoms with Crippen molar-refractivity contribution >= 4 is 5.69 Å². The van der Waals surface area contributed by atoms with Gasteiger partial charge in [0.1, 0.15) is 0 Å². The number of nitrogens with one attached hydrogen (secondary N) is 1. The Bertz CT molecular complexity index is 385. The molecule has 1 aliphatic rings. The van der Waals surface area contributed by atoms with Crippen LogP contribution in [0.4, 0.5) is 5.69 Å². The van der Waals surface area contributed by atoms with Crippen LogP contribution in [0, 0.1) is 5.92 Å². The Morgan fingerprint density at radius 3 is 2.53 bits per heavy atom. The standard InChI is InChI=1S/C16H27N3/c1-5-17-12-14-10-11-19(4)16(14)13-6-8-15(9-7-13)18(2)3/h6-9,14,16-17H,5,10-12H2,1-4H3. The fourth-order valence-electron chi connectivity index (χ4n) is 3.07. The quantitative estimate of drug-likeness (QED) is 0.878. The van der Waals surface area contributed by atoms with E-state index < -0.39 is 0 Å². The summed E-state index contributed by atoms with van der Waals surface area (Å²) in [5, 5.41) is 3.51. The minimum atomic E-state index is 0.565. The maximum absolute atomic E-state index is 3.51. The molecule has 1 aliphatic heterocycles. The lowest BCUT2D eigenvalue weighted by molar-refractivity contribution is 0.273. The molecular formula is C16H27N3. The Labute approximate surface area is 117 Å². The Morgan fingerprint density at radius 2 is 1.95 bits per heavy atom. The van der Waals surface area contributed by atoms with Crippen LogP contribution in [-0.2, 0) is 0 Å². The van der Waals surface area contributed by atoms with E-state index in [-0.39, 0.29) is 0 Å². The van der Waals surface area contributed by atoms with Gasteiger partial charge in [-0.1, -0.05) is 19.1 Å². The van der Waals surface area contributed by atoms with Gasteiger partial charge in [0.15, 0.2) is 0 Å². The Balaban J connectivity index is 2.13. The van der Waals surface area contributed by atoms with E-state index in [0.717, 1.165) is 19.0 Å². The van der Waals surface area contributed by atoms with Gasteiger partial charge >= 0.3 is 0 Å². The van der Waals surface area contributed by atoms with Crippen molar-refractivity contribution < 1.29 is 0 Å². The predicted molar refractivity (Wildman–Crippen MR) is 82.8 cm³/mol. The fourth-order valence-corrected chi connectivity index (χ4v) is 3.07. The second kappa shape index (κ2) is 6.40. The van der Waals surface area contributed by atoms with E-state index in [1.165, 1.54) is 24.2 Å². The van der Waals surface area contributed by atoms with Crippen LogP contribution in [-0.4, -0.2) is 45.7 Å². The van der Waals surface area contributed by atoms with Crippen molar-refractivity contribution in [3.8, 4) is 0 Å². The highest BCUT2D eigenvalue weighted by atomic mass is 15.2. The molecule has 2 unspecified atom stereocenters. The number of hydrogen-bond donors (Lipinski definition) is 1. The molecule has 1 aromatic carbocycles. The van der Waals surface area contributed by atoms with Gasteiger partial charge < -0.3 is 10.2 Å². The van der Waals surface area contributed by atoms with Crippen LogP contribution in [0.5, 0.6) is 0 Å². The molecule has 1 fully saturated rings. The third-order valence-electron chi connectivity index (χ3n) is 4.18. The largest absolute Gasteiger partial charge is 0.378 e. The summed E-state index contributed by atoms with van der Waals surface area (Å²) in [7, 11) is 6.42. The molecule has 106 valence electrons. The van der Waals surface area contributed by atoms with Crippen molar-refractivity contribution in [2.24, 2.45) is 5.92 Å². The fraction of sp³-hybridized carbons (Fsp3) is 0.625. The zero-order valence-corrected chi connectivity index (χ0v) is 12.7. The highest BCUT2D eigenvalue weighted by Gasteiger charge is 2.32. The number of likely N-dealkylation sites (tertiary alicyclic amines) is 1. The molecule has 0 bridgehead atoms. The summed E-state index contributed by atoms with van der Waals surface area (Å²) in [6.45, 7) is 5.57. The SMILES string of the molecule is CCNCC1CCN(C)C1c1ccc(N(C)C)cc1. The molecule has 0 saturated carbocycles. The predicted octanol–water partition coefficient (Wildman–Crippen LogP) is 2.35. The van der Waals surface area contributed by atoms with E-state index in [1.807, 2.05) is 0 Å². The Kier molecular flexibility index (Phi) is 4.83. The molecule has 3 heteroatoms. The molecule has 1 N–H and O–H groups in total. The van der Waals surface area contributed by atoms with Crippen LogP contribution >= 0.6 is 0 Å². The molecular weight excluding hydrogens is 234 g/mol. The number of anilines is 1. The average Bonchev–Trinajstić information content (AvgIpc) is 2.77. The highest BCUT2D eigenvalue weighted by molar-refractivity contribution is 5.46. The number of rotatable bonds is 5. The van der Waals surface area contributed by atoms with E-state index in [1.54, 1.807) is 0 Å². The van der Waals surface area contributed by atoms with Gasteiger partial charge in [-0.3, -0.25) is 4.90 Å². The zero-order chi connectivity index (χ0) is 13.8. The third-order valence-corrected chi connectivity index (χ3v) is 4.18. The molecule has 0 aromatic heterocycles.